The highest BCUT2D eigenvalue weighted by Crippen LogP contribution is 2.19. The van der Waals surface area contributed by atoms with E-state index in [0.717, 1.165) is 0 Å². The summed E-state index contributed by atoms with van der Waals surface area (Å²) in [5.74, 6) is -0.408. The molecule has 2 aromatic rings. The molecule has 8 nitrogen and oxygen atoms in total. The number of aromatic carboxylic acids is 1. The number of hydrogen-bond donors (Lipinski definition) is 2. The van der Waals surface area contributed by atoms with Crippen molar-refractivity contribution in [3.63, 3.8) is 0 Å². The van der Waals surface area contributed by atoms with Gasteiger partial charge in [-0.15, -0.1) is 0 Å². The number of hydrogen-bond acceptors (Lipinski definition) is 5. The first-order valence-corrected chi connectivity index (χ1v) is 7.90. The van der Waals surface area contributed by atoms with Gasteiger partial charge >= 0.3 is 5.97 Å². The maximum absolute atomic E-state index is 12.4. The molecule has 1 aliphatic heterocycles. The van der Waals surface area contributed by atoms with Crippen LogP contribution in [-0.2, 0) is 11.8 Å². The molecule has 0 spiro atoms. The van der Waals surface area contributed by atoms with Gasteiger partial charge in [0.25, 0.3) is 5.91 Å². The lowest BCUT2D eigenvalue weighted by Gasteiger charge is -2.32. The Hall–Kier alpha value is -2.87. The van der Waals surface area contributed by atoms with Gasteiger partial charge in [-0.3, -0.25) is 4.79 Å². The van der Waals surface area contributed by atoms with E-state index in [0.29, 0.717) is 31.2 Å². The molecule has 8 heteroatoms. The van der Waals surface area contributed by atoms with E-state index in [1.165, 1.54) is 12.1 Å². The number of nitrogens with zero attached hydrogens (tertiary/aromatic N) is 2. The van der Waals surface area contributed by atoms with Gasteiger partial charge in [-0.1, -0.05) is 0 Å². The van der Waals surface area contributed by atoms with Crippen LogP contribution in [0.1, 0.15) is 27.4 Å². The molecule has 3 rings (SSSR count). The summed E-state index contributed by atoms with van der Waals surface area (Å²) in [5.41, 5.74) is 0.187. The van der Waals surface area contributed by atoms with Crippen molar-refractivity contribution >= 4 is 11.9 Å². The van der Waals surface area contributed by atoms with Crippen molar-refractivity contribution in [1.29, 1.82) is 0 Å². The average Bonchev–Trinajstić information content (AvgIpc) is 3.03. The van der Waals surface area contributed by atoms with E-state index in [-0.39, 0.29) is 23.6 Å². The molecule has 0 saturated carbocycles. The van der Waals surface area contributed by atoms with E-state index in [1.54, 1.807) is 36.1 Å². The predicted octanol–water partition coefficient (Wildman–Crippen LogP) is 1.08. The van der Waals surface area contributed by atoms with Gasteiger partial charge in [0.05, 0.1) is 18.2 Å². The maximum atomic E-state index is 12.4. The maximum Gasteiger partial charge on any atom is 0.335 e. The topological polar surface area (TPSA) is 103 Å². The lowest BCUT2D eigenvalue weighted by atomic mass is 10.1. The molecule has 1 saturated heterocycles. The lowest BCUT2D eigenvalue weighted by molar-refractivity contribution is -0.0136. The van der Waals surface area contributed by atoms with Gasteiger partial charge < -0.3 is 24.5 Å². The highest BCUT2D eigenvalue weighted by atomic mass is 16.5. The summed E-state index contributed by atoms with van der Waals surface area (Å²) in [4.78, 5) is 27.3. The fraction of sp³-hybridized carbons (Fsp3) is 0.353. The number of carbonyl (C=O) groups is 2. The number of aryl methyl sites for hydroxylation is 1. The van der Waals surface area contributed by atoms with Crippen molar-refractivity contribution in [3.05, 3.63) is 48.0 Å². The van der Waals surface area contributed by atoms with Crippen LogP contribution in [0.5, 0.6) is 5.75 Å². The number of amides is 1. The Morgan fingerprint density at radius 3 is 2.76 bits per heavy atom. The molecule has 1 amide bonds. The highest BCUT2D eigenvalue weighted by molar-refractivity contribution is 5.91. The molecular weight excluding hydrogens is 326 g/mol. The molecule has 2 N–H and O–H groups in total. The van der Waals surface area contributed by atoms with Crippen LogP contribution < -0.4 is 10.1 Å². The van der Waals surface area contributed by atoms with Crippen LogP contribution in [0.2, 0.25) is 0 Å². The number of carboxylic acids is 1. The Labute approximate surface area is 144 Å². The van der Waals surface area contributed by atoms with E-state index in [1.807, 2.05) is 0 Å². The number of carbonyl (C=O) groups excluding carboxylic acids is 1. The molecule has 1 aromatic heterocycles. The second-order valence-electron chi connectivity index (χ2n) is 5.79. The van der Waals surface area contributed by atoms with Gasteiger partial charge in [0.1, 0.15) is 11.9 Å². The molecule has 0 radical (unpaired) electrons. The van der Waals surface area contributed by atoms with Gasteiger partial charge in [0, 0.05) is 26.0 Å². The molecule has 25 heavy (non-hydrogen) atoms. The van der Waals surface area contributed by atoms with E-state index >= 15 is 0 Å². The van der Waals surface area contributed by atoms with Crippen LogP contribution in [0.4, 0.5) is 0 Å². The molecule has 2 atom stereocenters. The van der Waals surface area contributed by atoms with Gasteiger partial charge in [-0.05, 0) is 30.7 Å². The number of rotatable bonds is 5. The molecule has 0 bridgehead atoms. The largest absolute Gasteiger partial charge is 0.486 e. The second kappa shape index (κ2) is 7.35. The first-order valence-electron chi connectivity index (χ1n) is 7.90. The van der Waals surface area contributed by atoms with Crippen molar-refractivity contribution in [2.45, 2.75) is 18.6 Å². The van der Waals surface area contributed by atoms with Gasteiger partial charge in [0.15, 0.2) is 5.82 Å². The molecule has 0 unspecified atom stereocenters. The summed E-state index contributed by atoms with van der Waals surface area (Å²) in [5, 5.41) is 11.9. The Balaban J connectivity index is 1.67. The number of imidazole rings is 1. The third kappa shape index (κ3) is 3.97. The molecule has 1 aromatic carbocycles. The Morgan fingerprint density at radius 2 is 2.12 bits per heavy atom. The zero-order chi connectivity index (χ0) is 17.8. The molecule has 0 aliphatic carbocycles. The number of carboxylic acid groups (broad SMARTS) is 1. The Morgan fingerprint density at radius 1 is 1.36 bits per heavy atom. The van der Waals surface area contributed by atoms with Crippen LogP contribution in [-0.4, -0.2) is 51.9 Å². The molecular formula is C17H19N3O5. The normalized spacial score (nSPS) is 20.0. The van der Waals surface area contributed by atoms with Crippen LogP contribution >= 0.6 is 0 Å². The summed E-state index contributed by atoms with van der Waals surface area (Å²) in [6.45, 7) is 0.871. The number of ether oxygens (including phenoxy) is 2. The fourth-order valence-electron chi connectivity index (χ4n) is 2.66. The first kappa shape index (κ1) is 17.0. The van der Waals surface area contributed by atoms with E-state index in [4.69, 9.17) is 14.6 Å². The molecule has 1 aliphatic rings. The van der Waals surface area contributed by atoms with Crippen molar-refractivity contribution < 1.29 is 24.2 Å². The quantitative estimate of drug-likeness (QED) is 0.841. The predicted molar refractivity (Wildman–Crippen MR) is 87.7 cm³/mol. The zero-order valence-corrected chi connectivity index (χ0v) is 13.7. The lowest BCUT2D eigenvalue weighted by Crippen LogP contribution is -2.51. The summed E-state index contributed by atoms with van der Waals surface area (Å²) in [6, 6.07) is 5.91. The Kier molecular flexibility index (Phi) is 4.99. The Bertz CT molecular complexity index is 756. The monoisotopic (exact) mass is 345 g/mol. The van der Waals surface area contributed by atoms with Crippen molar-refractivity contribution in [2.75, 3.05) is 13.2 Å². The minimum Gasteiger partial charge on any atom is -0.486 e. The van der Waals surface area contributed by atoms with Crippen molar-refractivity contribution in [3.8, 4) is 5.75 Å². The summed E-state index contributed by atoms with van der Waals surface area (Å²) < 4.78 is 13.0. The van der Waals surface area contributed by atoms with E-state index in [9.17, 15) is 9.59 Å². The minimum absolute atomic E-state index is 0.187. The molecule has 132 valence electrons. The summed E-state index contributed by atoms with van der Waals surface area (Å²) in [7, 11) is 1.75. The summed E-state index contributed by atoms with van der Waals surface area (Å²) in [6.07, 6.45) is 3.52. The van der Waals surface area contributed by atoms with Crippen LogP contribution in [0.3, 0.4) is 0 Å². The number of nitrogens with one attached hydrogen (secondary N) is 1. The SMILES string of the molecule is Cn1ccnc1C(=O)N[C@@H]1CCOC[C@H]1Oc1ccc(C(=O)O)cc1. The summed E-state index contributed by atoms with van der Waals surface area (Å²) >= 11 is 0. The minimum atomic E-state index is -0.993. The standard InChI is InChI=1S/C17H19N3O5/c1-20-8-7-18-15(20)16(21)19-13-6-9-24-10-14(13)25-12-4-2-11(3-5-12)17(22)23/h2-5,7-8,13-14H,6,9-10H2,1H3,(H,19,21)(H,22,23)/t13-,14-/m1/s1. The van der Waals surface area contributed by atoms with Gasteiger partial charge in [-0.2, -0.15) is 0 Å². The van der Waals surface area contributed by atoms with Crippen molar-refractivity contribution in [1.82, 2.24) is 14.9 Å². The smallest absolute Gasteiger partial charge is 0.335 e. The van der Waals surface area contributed by atoms with E-state index in [2.05, 4.69) is 10.3 Å². The van der Waals surface area contributed by atoms with Gasteiger partial charge in [0.2, 0.25) is 0 Å². The molecule has 1 fully saturated rings. The van der Waals surface area contributed by atoms with Gasteiger partial charge in [-0.25, -0.2) is 9.78 Å². The third-order valence-electron chi connectivity index (χ3n) is 4.03. The zero-order valence-electron chi connectivity index (χ0n) is 13.7. The third-order valence-corrected chi connectivity index (χ3v) is 4.03. The van der Waals surface area contributed by atoms with Crippen LogP contribution in [0.15, 0.2) is 36.7 Å². The van der Waals surface area contributed by atoms with Crippen LogP contribution in [0, 0.1) is 0 Å². The highest BCUT2D eigenvalue weighted by Gasteiger charge is 2.30. The number of benzene rings is 1. The van der Waals surface area contributed by atoms with Crippen LogP contribution in [0.25, 0.3) is 0 Å². The fourth-order valence-corrected chi connectivity index (χ4v) is 2.66. The first-order chi connectivity index (χ1) is 12.0. The van der Waals surface area contributed by atoms with Crippen molar-refractivity contribution in [2.24, 2.45) is 7.05 Å². The second-order valence-corrected chi connectivity index (χ2v) is 5.79. The molecule has 2 heterocycles. The average molecular weight is 345 g/mol. The number of aromatic nitrogens is 2. The van der Waals surface area contributed by atoms with E-state index < -0.39 is 5.97 Å².